The van der Waals surface area contributed by atoms with E-state index >= 15 is 0 Å². The monoisotopic (exact) mass is 748 g/mol. The molecular weight excluding hydrogens is 717 g/mol. The smallest absolute Gasteiger partial charge is 0.109 e. The first-order valence-corrected chi connectivity index (χ1v) is 20.7. The van der Waals surface area contributed by atoms with Crippen molar-refractivity contribution in [3.63, 3.8) is 0 Å². The Labute approximate surface area is 331 Å². The zero-order chi connectivity index (χ0) is 36.7. The van der Waals surface area contributed by atoms with E-state index in [0.29, 0.717) is 0 Å². The molecule has 0 aliphatic rings. The molecule has 0 spiro atoms. The molecule has 0 bridgehead atoms. The summed E-state index contributed by atoms with van der Waals surface area (Å²) in [5, 5.41) is 7.84. The van der Waals surface area contributed by atoms with Gasteiger partial charge in [-0.1, -0.05) is 158 Å². The molecule has 0 fully saturated rings. The second-order valence-corrected chi connectivity index (χ2v) is 16.4. The highest BCUT2D eigenvalue weighted by Crippen LogP contribution is 2.50. The maximum atomic E-state index is 2.44. The van der Waals surface area contributed by atoms with Crippen molar-refractivity contribution in [3.8, 4) is 44.8 Å². The summed E-state index contributed by atoms with van der Waals surface area (Å²) in [6.45, 7) is 0. The average Bonchev–Trinajstić information content (AvgIpc) is 4.01. The lowest BCUT2D eigenvalue weighted by atomic mass is 9.89. The molecule has 4 aromatic heterocycles. The molecule has 0 N–H and O–H groups in total. The number of nitrogens with zero attached hydrogens (tertiary/aromatic N) is 2. The molecule has 4 heterocycles. The Kier molecular flexibility index (Phi) is 7.00. The second-order valence-electron chi connectivity index (χ2n) is 14.4. The minimum absolute atomic E-state index is 1.19. The van der Waals surface area contributed by atoms with Gasteiger partial charge in [-0.15, -0.1) is 22.7 Å². The van der Waals surface area contributed by atoms with Crippen LogP contribution < -0.4 is 0 Å². The van der Waals surface area contributed by atoms with E-state index in [1.54, 1.807) is 0 Å². The summed E-state index contributed by atoms with van der Waals surface area (Å²) < 4.78 is 7.51. The van der Waals surface area contributed by atoms with Crippen molar-refractivity contribution in [2.24, 2.45) is 0 Å². The van der Waals surface area contributed by atoms with Gasteiger partial charge in [-0.05, 0) is 58.7 Å². The highest BCUT2D eigenvalue weighted by atomic mass is 32.1. The molecule has 2 nitrogen and oxygen atoms in total. The summed E-state index contributed by atoms with van der Waals surface area (Å²) in [6.07, 6.45) is 0. The molecule has 4 heteroatoms. The Bertz CT molecular complexity index is 3240. The van der Waals surface area contributed by atoms with Crippen LogP contribution in [0, 0.1) is 0 Å². The SMILES string of the molecule is c1ccc(-n2c3ccccc3c3c4cccc(-c5ccccc5-c5ccccc5-c5cccc6c5sc5c6c6ccccc6n5-c5ccccc5)c4sc32)cc1. The van der Waals surface area contributed by atoms with E-state index in [0.717, 1.165) is 0 Å². The number of benzene rings is 8. The van der Waals surface area contributed by atoms with Crippen molar-refractivity contribution in [2.45, 2.75) is 0 Å². The number of hydrogen-bond acceptors (Lipinski definition) is 2. The lowest BCUT2D eigenvalue weighted by molar-refractivity contribution is 1.19. The largest absolute Gasteiger partial charge is 0.301 e. The fourth-order valence-corrected chi connectivity index (χ4v) is 11.8. The first kappa shape index (κ1) is 31.6. The number of rotatable bonds is 5. The van der Waals surface area contributed by atoms with Crippen molar-refractivity contribution in [3.05, 3.63) is 194 Å². The predicted molar refractivity (Wildman–Crippen MR) is 242 cm³/mol. The Balaban J connectivity index is 1.08. The van der Waals surface area contributed by atoms with Gasteiger partial charge in [0.25, 0.3) is 0 Å². The van der Waals surface area contributed by atoms with Crippen LogP contribution in [0.1, 0.15) is 0 Å². The van der Waals surface area contributed by atoms with E-state index in [4.69, 9.17) is 0 Å². The minimum Gasteiger partial charge on any atom is -0.301 e. The van der Waals surface area contributed by atoms with Crippen LogP contribution in [0.5, 0.6) is 0 Å². The Hall–Kier alpha value is -6.72. The molecule has 0 unspecified atom stereocenters. The van der Waals surface area contributed by atoms with Gasteiger partial charge in [0, 0.05) is 64.2 Å². The van der Waals surface area contributed by atoms with E-state index in [1.807, 2.05) is 22.7 Å². The summed E-state index contributed by atoms with van der Waals surface area (Å²) in [5.74, 6) is 0. The highest BCUT2D eigenvalue weighted by molar-refractivity contribution is 7.26. The van der Waals surface area contributed by atoms with Gasteiger partial charge >= 0.3 is 0 Å². The topological polar surface area (TPSA) is 9.86 Å². The van der Waals surface area contributed by atoms with Crippen LogP contribution in [-0.2, 0) is 0 Å². The Morgan fingerprint density at radius 1 is 0.268 bits per heavy atom. The predicted octanol–water partition coefficient (Wildman–Crippen LogP) is 15.3. The fourth-order valence-electron chi connectivity index (χ4n) is 9.02. The summed E-state index contributed by atoms with van der Waals surface area (Å²) in [6, 6.07) is 70.9. The van der Waals surface area contributed by atoms with Gasteiger partial charge in [-0.2, -0.15) is 0 Å². The second kappa shape index (κ2) is 12.4. The van der Waals surface area contributed by atoms with Gasteiger partial charge in [0.15, 0.2) is 0 Å². The highest BCUT2D eigenvalue weighted by Gasteiger charge is 2.23. The third-order valence-corrected chi connectivity index (χ3v) is 13.8. The molecule has 262 valence electrons. The van der Waals surface area contributed by atoms with Crippen molar-refractivity contribution in [1.82, 2.24) is 9.13 Å². The summed E-state index contributed by atoms with van der Waals surface area (Å²) in [7, 11) is 0. The molecule has 0 atom stereocenters. The maximum Gasteiger partial charge on any atom is 0.109 e. The standard InChI is InChI=1S/C52H32N2S2/c1-3-17-33(18-4-1)53-45-31-13-11-25-41(45)47-43-29-15-27-39(49(43)55-51(47)53)37-23-9-7-21-35(37)36-22-8-10-24-38(36)40-28-16-30-44-48-42-26-12-14-32-46(42)54(52(48)56-50(40)44)34-19-5-2-6-20-34/h1-32H. The van der Waals surface area contributed by atoms with Crippen LogP contribution in [-0.4, -0.2) is 9.13 Å². The van der Waals surface area contributed by atoms with Crippen LogP contribution in [0.2, 0.25) is 0 Å². The van der Waals surface area contributed by atoms with Gasteiger partial charge in [-0.25, -0.2) is 0 Å². The van der Waals surface area contributed by atoms with Crippen LogP contribution >= 0.6 is 22.7 Å². The number of aromatic nitrogens is 2. The Morgan fingerprint density at radius 3 is 1.02 bits per heavy atom. The maximum absolute atomic E-state index is 2.44. The number of para-hydroxylation sites is 4. The van der Waals surface area contributed by atoms with Gasteiger partial charge in [0.2, 0.25) is 0 Å². The molecule has 12 aromatic rings. The zero-order valence-corrected chi connectivity index (χ0v) is 31.8. The molecule has 0 saturated heterocycles. The van der Waals surface area contributed by atoms with E-state index in [1.165, 1.54) is 107 Å². The number of fused-ring (bicyclic) bond motifs is 10. The van der Waals surface area contributed by atoms with Crippen LogP contribution in [0.25, 0.3) is 107 Å². The van der Waals surface area contributed by atoms with E-state index in [2.05, 4.69) is 203 Å². The van der Waals surface area contributed by atoms with Gasteiger partial charge in [0.1, 0.15) is 9.66 Å². The van der Waals surface area contributed by atoms with Crippen molar-refractivity contribution in [1.29, 1.82) is 0 Å². The zero-order valence-electron chi connectivity index (χ0n) is 30.2. The van der Waals surface area contributed by atoms with Gasteiger partial charge in [-0.3, -0.25) is 0 Å². The molecule has 0 aliphatic carbocycles. The fraction of sp³-hybridized carbons (Fsp3) is 0. The summed E-state index contributed by atoms with van der Waals surface area (Å²) >= 11 is 3.81. The lowest BCUT2D eigenvalue weighted by Crippen LogP contribution is -1.91. The van der Waals surface area contributed by atoms with Crippen LogP contribution in [0.3, 0.4) is 0 Å². The molecule has 0 saturated carbocycles. The van der Waals surface area contributed by atoms with Gasteiger partial charge < -0.3 is 9.13 Å². The molecular formula is C52H32N2S2. The first-order valence-electron chi connectivity index (χ1n) is 19.0. The summed E-state index contributed by atoms with van der Waals surface area (Å²) in [4.78, 5) is 2.56. The van der Waals surface area contributed by atoms with Crippen molar-refractivity contribution >= 4 is 85.1 Å². The van der Waals surface area contributed by atoms with Gasteiger partial charge in [0.05, 0.1) is 11.0 Å². The Morgan fingerprint density at radius 2 is 0.589 bits per heavy atom. The molecule has 56 heavy (non-hydrogen) atoms. The third kappa shape index (κ3) is 4.54. The normalized spacial score (nSPS) is 11.9. The lowest BCUT2D eigenvalue weighted by Gasteiger charge is -2.16. The van der Waals surface area contributed by atoms with Crippen molar-refractivity contribution < 1.29 is 0 Å². The van der Waals surface area contributed by atoms with Crippen molar-refractivity contribution in [2.75, 3.05) is 0 Å². The molecule has 0 radical (unpaired) electrons. The molecule has 0 amide bonds. The quantitative estimate of drug-likeness (QED) is 0.166. The molecule has 12 rings (SSSR count). The minimum atomic E-state index is 1.19. The van der Waals surface area contributed by atoms with E-state index in [-0.39, 0.29) is 0 Å². The van der Waals surface area contributed by atoms with E-state index in [9.17, 15) is 0 Å². The van der Waals surface area contributed by atoms with E-state index < -0.39 is 0 Å². The number of hydrogen-bond donors (Lipinski definition) is 0. The average molecular weight is 749 g/mol. The first-order chi connectivity index (χ1) is 27.8. The third-order valence-electron chi connectivity index (χ3n) is 11.4. The molecule has 0 aliphatic heterocycles. The molecule has 8 aromatic carbocycles. The van der Waals surface area contributed by atoms with Crippen LogP contribution in [0.4, 0.5) is 0 Å². The summed E-state index contributed by atoms with van der Waals surface area (Å²) in [5.41, 5.74) is 12.4. The van der Waals surface area contributed by atoms with Crippen LogP contribution in [0.15, 0.2) is 194 Å². The number of thiophene rings is 2.